The van der Waals surface area contributed by atoms with Gasteiger partial charge in [0, 0.05) is 37.1 Å². The van der Waals surface area contributed by atoms with E-state index in [0.717, 1.165) is 39.1 Å². The molecule has 0 fully saturated rings. The Hall–Kier alpha value is -4.83. The maximum absolute atomic E-state index is 5.06. The quantitative estimate of drug-likeness (QED) is 0.159. The fourth-order valence-electron chi connectivity index (χ4n) is 5.84. The number of pyridine rings is 1. The second kappa shape index (κ2) is 10.5. The summed E-state index contributed by atoms with van der Waals surface area (Å²) < 4.78 is 4.56. The Kier molecular flexibility index (Phi) is 6.54. The Balaban J connectivity index is 0.000000175. The van der Waals surface area contributed by atoms with E-state index >= 15 is 0 Å². The first kappa shape index (κ1) is 26.1. The number of aryl methyl sites for hydroxylation is 1. The zero-order chi connectivity index (χ0) is 27.3. The van der Waals surface area contributed by atoms with E-state index in [0.29, 0.717) is 0 Å². The molecule has 9 rings (SSSR count). The third-order valence-corrected chi connectivity index (χ3v) is 7.68. The molecule has 0 atom stereocenters. The smallest absolute Gasteiger partial charge is 0.218 e. The molecule has 1 radical (unpaired) electrons. The minimum absolute atomic E-state index is 0. The largest absolute Gasteiger partial charge is 0.304 e. The average Bonchev–Trinajstić information content (AvgIpc) is 3.54. The van der Waals surface area contributed by atoms with Crippen molar-refractivity contribution >= 4 is 54.9 Å². The van der Waals surface area contributed by atoms with Gasteiger partial charge in [0.2, 0.25) is 5.78 Å². The zero-order valence-corrected chi connectivity index (χ0v) is 25.1. The van der Waals surface area contributed by atoms with Gasteiger partial charge < -0.3 is 9.38 Å². The Morgan fingerprint density at radius 2 is 1.31 bits per heavy atom. The van der Waals surface area contributed by atoms with Gasteiger partial charge in [-0.25, -0.2) is 4.98 Å². The van der Waals surface area contributed by atoms with E-state index in [9.17, 15) is 0 Å². The molecule has 0 saturated carbocycles. The van der Waals surface area contributed by atoms with Crippen LogP contribution in [-0.4, -0.2) is 18.8 Å². The van der Waals surface area contributed by atoms with Crippen molar-refractivity contribution in [3.05, 3.63) is 145 Å². The van der Waals surface area contributed by atoms with Crippen molar-refractivity contribution in [3.63, 3.8) is 0 Å². The van der Waals surface area contributed by atoms with Crippen molar-refractivity contribution in [2.75, 3.05) is 0 Å². The van der Waals surface area contributed by atoms with Gasteiger partial charge in [0.1, 0.15) is 0 Å². The van der Waals surface area contributed by atoms with Gasteiger partial charge in [-0.05, 0) is 41.8 Å². The molecule has 5 heteroatoms. The summed E-state index contributed by atoms with van der Waals surface area (Å²) in [5.41, 5.74) is 8.73. The first-order chi connectivity index (χ1) is 20.3. The third kappa shape index (κ3) is 4.09. The third-order valence-electron chi connectivity index (χ3n) is 7.68. The van der Waals surface area contributed by atoms with Gasteiger partial charge in [-0.1, -0.05) is 66.2 Å². The normalized spacial score (nSPS) is 11.3. The fraction of sp³-hybridized carbons (Fsp3) is 0.0270. The van der Waals surface area contributed by atoms with Crippen LogP contribution in [0.3, 0.4) is 0 Å². The second-order valence-corrected chi connectivity index (χ2v) is 10.2. The van der Waals surface area contributed by atoms with Gasteiger partial charge in [0.05, 0.1) is 22.1 Å². The number of nitrogens with zero attached hydrogens (tertiary/aromatic N) is 4. The van der Waals surface area contributed by atoms with E-state index < -0.39 is 0 Å². The molecule has 0 amide bonds. The van der Waals surface area contributed by atoms with Crippen molar-refractivity contribution in [1.29, 1.82) is 0 Å². The maximum Gasteiger partial charge on any atom is 0.218 e. The van der Waals surface area contributed by atoms with Crippen molar-refractivity contribution in [1.82, 2.24) is 18.8 Å². The zero-order valence-electron chi connectivity index (χ0n) is 22.7. The topological polar surface area (TPSA) is 34.6 Å². The van der Waals surface area contributed by atoms with Crippen molar-refractivity contribution in [2.24, 2.45) is 0 Å². The molecule has 0 N–H and O–H groups in total. The summed E-state index contributed by atoms with van der Waals surface area (Å²) >= 11 is 0. The minimum Gasteiger partial charge on any atom is -0.304 e. The minimum atomic E-state index is 0. The van der Waals surface area contributed by atoms with Crippen molar-refractivity contribution in [3.8, 4) is 11.3 Å². The number of imidazole rings is 1. The Morgan fingerprint density at radius 3 is 2.12 bits per heavy atom. The average molecular weight is 717 g/mol. The molecule has 0 unspecified atom stereocenters. The van der Waals surface area contributed by atoms with Crippen molar-refractivity contribution in [2.45, 2.75) is 6.92 Å². The van der Waals surface area contributed by atoms with Gasteiger partial charge in [0.25, 0.3) is 0 Å². The summed E-state index contributed by atoms with van der Waals surface area (Å²) in [6.45, 7) is 2.03. The first-order valence-corrected chi connectivity index (χ1v) is 13.7. The van der Waals surface area contributed by atoms with Crippen molar-refractivity contribution < 1.29 is 20.1 Å². The molecular formula is C37H24IrN4-2. The number of para-hydroxylation sites is 5. The van der Waals surface area contributed by atoms with Crippen LogP contribution in [0.2, 0.25) is 0 Å². The summed E-state index contributed by atoms with van der Waals surface area (Å²) in [4.78, 5) is 9.38. The number of rotatable bonds is 1. The number of benzene rings is 5. The SMILES string of the molecule is Cc1ccc(-c2[c-]cccc2)nc1.[Ir].[c-]1cccc2c3cccc4c5ccccc5n5c6ccccc6nc5n(c12)c34. The van der Waals surface area contributed by atoms with Crippen LogP contribution >= 0.6 is 0 Å². The van der Waals surface area contributed by atoms with E-state index in [1.807, 2.05) is 55.6 Å². The molecule has 4 nitrogen and oxygen atoms in total. The number of fused-ring (bicyclic) bond motifs is 10. The van der Waals surface area contributed by atoms with Crippen LogP contribution in [-0.2, 0) is 20.1 Å². The van der Waals surface area contributed by atoms with E-state index in [1.54, 1.807) is 0 Å². The van der Waals surface area contributed by atoms with Gasteiger partial charge in [-0.2, -0.15) is 24.3 Å². The van der Waals surface area contributed by atoms with Crippen LogP contribution in [0.1, 0.15) is 5.56 Å². The Bertz CT molecular complexity index is 2360. The maximum atomic E-state index is 5.06. The summed E-state index contributed by atoms with van der Waals surface area (Å²) in [5.74, 6) is 0.918. The van der Waals surface area contributed by atoms with Crippen LogP contribution in [0.15, 0.2) is 128 Å². The van der Waals surface area contributed by atoms with E-state index in [2.05, 4.69) is 105 Å². The predicted octanol–water partition coefficient (Wildman–Crippen LogP) is 8.85. The summed E-state index contributed by atoms with van der Waals surface area (Å²) in [6, 6.07) is 48.3. The second-order valence-electron chi connectivity index (χ2n) is 10.2. The number of hydrogen-bond donors (Lipinski definition) is 0. The van der Waals surface area contributed by atoms with E-state index in [1.165, 1.54) is 32.6 Å². The van der Waals surface area contributed by atoms with Gasteiger partial charge in [0.15, 0.2) is 0 Å². The molecule has 203 valence electrons. The molecule has 4 heterocycles. The summed E-state index contributed by atoms with van der Waals surface area (Å²) in [6.07, 6.45) is 1.87. The molecular weight excluding hydrogens is 693 g/mol. The predicted molar refractivity (Wildman–Crippen MR) is 168 cm³/mol. The summed E-state index contributed by atoms with van der Waals surface area (Å²) in [5, 5.41) is 4.89. The van der Waals surface area contributed by atoms with E-state index in [4.69, 9.17) is 4.98 Å². The van der Waals surface area contributed by atoms with Gasteiger partial charge in [-0.15, -0.1) is 41.3 Å². The molecule has 4 aromatic heterocycles. The van der Waals surface area contributed by atoms with Gasteiger partial charge >= 0.3 is 0 Å². The van der Waals surface area contributed by atoms with Crippen LogP contribution in [0.5, 0.6) is 0 Å². The Labute approximate surface area is 256 Å². The van der Waals surface area contributed by atoms with Gasteiger partial charge in [-0.3, -0.25) is 4.40 Å². The van der Waals surface area contributed by atoms with Crippen LogP contribution in [0.4, 0.5) is 0 Å². The molecule has 42 heavy (non-hydrogen) atoms. The molecule has 0 aliphatic rings. The molecule has 0 saturated heterocycles. The molecule has 0 aliphatic heterocycles. The Morgan fingerprint density at radius 1 is 0.595 bits per heavy atom. The molecule has 5 aromatic carbocycles. The molecule has 9 aromatic rings. The number of hydrogen-bond acceptors (Lipinski definition) is 2. The molecule has 0 bridgehead atoms. The van der Waals surface area contributed by atoms with Crippen LogP contribution < -0.4 is 0 Å². The fourth-order valence-corrected chi connectivity index (χ4v) is 5.84. The molecule has 0 aliphatic carbocycles. The first-order valence-electron chi connectivity index (χ1n) is 13.7. The standard InChI is InChI=1S/C25H14N3.C12H10N.Ir/c1-4-13-21-16(8-1)18-10-7-11-19-17-9-2-5-14-22(17)28(24(18)19)25-26-20-12-3-6-15-23(20)27(21)25;1-10-7-8-12(13-9-10)11-5-3-2-4-6-11;/h1-13,15H;2-5,7-9H,1H3;/q2*-1;. The monoisotopic (exact) mass is 717 g/mol. The number of aromatic nitrogens is 4. The summed E-state index contributed by atoms with van der Waals surface area (Å²) in [7, 11) is 0. The molecule has 0 spiro atoms. The van der Waals surface area contributed by atoms with Crippen LogP contribution in [0, 0.1) is 19.1 Å². The van der Waals surface area contributed by atoms with E-state index in [-0.39, 0.29) is 20.1 Å². The van der Waals surface area contributed by atoms with Crippen LogP contribution in [0.25, 0.3) is 66.2 Å².